The first kappa shape index (κ1) is 18.2. The number of rotatable bonds is 12. The molecule has 0 bridgehead atoms. The molecule has 0 fully saturated rings. The van der Waals surface area contributed by atoms with Crippen LogP contribution in [-0.2, 0) is 12.5 Å². The number of hydrogen-bond donors (Lipinski definition) is 0. The van der Waals surface area contributed by atoms with Crippen LogP contribution in [0.15, 0.2) is 0 Å². The van der Waals surface area contributed by atoms with Gasteiger partial charge < -0.3 is 0 Å². The van der Waals surface area contributed by atoms with Gasteiger partial charge in [0.2, 0.25) is 0 Å². The summed E-state index contributed by atoms with van der Waals surface area (Å²) in [5.41, 5.74) is 0. The highest BCUT2D eigenvalue weighted by molar-refractivity contribution is 8.21. The zero-order valence-electron chi connectivity index (χ0n) is 12.9. The first-order valence-electron chi connectivity index (χ1n) is 7.38. The molecule has 0 N–H and O–H groups in total. The molecule has 0 aromatic rings. The summed E-state index contributed by atoms with van der Waals surface area (Å²) < 4.78 is 17.5. The van der Waals surface area contributed by atoms with E-state index >= 15 is 0 Å². The first-order chi connectivity index (χ1) is 8.64. The van der Waals surface area contributed by atoms with Crippen molar-refractivity contribution in [2.75, 3.05) is 25.6 Å². The zero-order chi connectivity index (χ0) is 13.9. The largest absolute Gasteiger partial charge is 0.293 e. The van der Waals surface area contributed by atoms with Crippen molar-refractivity contribution in [3.05, 3.63) is 0 Å². The SMILES string of the molecule is CCCCCC(C)CS(OCC)(OCC)OCC. The highest BCUT2D eigenvalue weighted by atomic mass is 32.3. The Hall–Kier alpha value is 0.230. The van der Waals surface area contributed by atoms with Crippen LogP contribution < -0.4 is 0 Å². The zero-order valence-corrected chi connectivity index (χ0v) is 13.7. The van der Waals surface area contributed by atoms with Crippen molar-refractivity contribution in [1.82, 2.24) is 0 Å². The molecular formula is C14H32O3S. The lowest BCUT2D eigenvalue weighted by Crippen LogP contribution is -2.20. The molecule has 0 saturated carbocycles. The molecule has 1 atom stereocenters. The van der Waals surface area contributed by atoms with Gasteiger partial charge in [-0.25, -0.2) is 0 Å². The van der Waals surface area contributed by atoms with Crippen molar-refractivity contribution in [2.24, 2.45) is 5.92 Å². The first-order valence-corrected chi connectivity index (χ1v) is 8.95. The molecule has 112 valence electrons. The molecule has 0 aromatic heterocycles. The smallest absolute Gasteiger partial charge is 0.0889 e. The van der Waals surface area contributed by atoms with Gasteiger partial charge in [-0.05, 0) is 33.1 Å². The van der Waals surface area contributed by atoms with Crippen LogP contribution in [0.1, 0.15) is 60.3 Å². The summed E-state index contributed by atoms with van der Waals surface area (Å²) in [5, 5.41) is 0. The maximum Gasteiger partial charge on any atom is 0.0889 e. The Labute approximate surface area is 116 Å². The van der Waals surface area contributed by atoms with E-state index in [9.17, 15) is 0 Å². The molecule has 0 radical (unpaired) electrons. The Morgan fingerprint density at radius 3 is 1.72 bits per heavy atom. The van der Waals surface area contributed by atoms with E-state index in [2.05, 4.69) is 13.8 Å². The molecule has 0 amide bonds. The minimum Gasteiger partial charge on any atom is -0.293 e. The van der Waals surface area contributed by atoms with Crippen molar-refractivity contribution < 1.29 is 12.5 Å². The van der Waals surface area contributed by atoms with Crippen LogP contribution in [-0.4, -0.2) is 25.6 Å². The summed E-state index contributed by atoms with van der Waals surface area (Å²) >= 11 is 0. The van der Waals surface area contributed by atoms with Crippen molar-refractivity contribution in [2.45, 2.75) is 60.3 Å². The second-order valence-electron chi connectivity index (χ2n) is 4.54. The Kier molecular flexibility index (Phi) is 11.2. The molecular weight excluding hydrogens is 248 g/mol. The van der Waals surface area contributed by atoms with Crippen LogP contribution in [0.4, 0.5) is 0 Å². The summed E-state index contributed by atoms with van der Waals surface area (Å²) in [7, 11) is -1.78. The molecule has 0 aliphatic rings. The van der Waals surface area contributed by atoms with Crippen LogP contribution in [0.25, 0.3) is 0 Å². The third-order valence-corrected chi connectivity index (χ3v) is 5.44. The standard InChI is InChI=1S/C14H32O3S/c1-6-10-11-12-14(5)13-18(15-7-2,16-8-3)17-9-4/h14H,6-13H2,1-5H3. The molecule has 3 nitrogen and oxygen atoms in total. The lowest BCUT2D eigenvalue weighted by Gasteiger charge is -2.38. The molecule has 0 saturated heterocycles. The van der Waals surface area contributed by atoms with E-state index in [0.29, 0.717) is 25.7 Å². The van der Waals surface area contributed by atoms with Gasteiger partial charge in [-0.3, -0.25) is 12.5 Å². The van der Waals surface area contributed by atoms with Crippen molar-refractivity contribution in [3.8, 4) is 0 Å². The van der Waals surface area contributed by atoms with Crippen LogP contribution >= 0.6 is 10.9 Å². The van der Waals surface area contributed by atoms with Gasteiger partial charge in [0.05, 0.1) is 30.7 Å². The van der Waals surface area contributed by atoms with Crippen LogP contribution in [0.3, 0.4) is 0 Å². The average Bonchev–Trinajstić information content (AvgIpc) is 2.30. The quantitative estimate of drug-likeness (QED) is 0.478. The third-order valence-electron chi connectivity index (χ3n) is 2.68. The summed E-state index contributed by atoms with van der Waals surface area (Å²) in [6, 6.07) is 0. The minimum atomic E-state index is -1.78. The van der Waals surface area contributed by atoms with Crippen LogP contribution in [0.2, 0.25) is 0 Å². The van der Waals surface area contributed by atoms with Gasteiger partial charge in [0.15, 0.2) is 0 Å². The Balaban J connectivity index is 4.34. The molecule has 0 rings (SSSR count). The van der Waals surface area contributed by atoms with E-state index in [4.69, 9.17) is 12.5 Å². The summed E-state index contributed by atoms with van der Waals surface area (Å²) in [5.74, 6) is 1.49. The van der Waals surface area contributed by atoms with Crippen molar-refractivity contribution in [1.29, 1.82) is 0 Å². The monoisotopic (exact) mass is 280 g/mol. The van der Waals surface area contributed by atoms with E-state index in [1.165, 1.54) is 25.7 Å². The Morgan fingerprint density at radius 1 is 0.833 bits per heavy atom. The highest BCUT2D eigenvalue weighted by Gasteiger charge is 2.28. The molecule has 4 heteroatoms. The van der Waals surface area contributed by atoms with Gasteiger partial charge in [0.1, 0.15) is 0 Å². The average molecular weight is 280 g/mol. The second-order valence-corrected chi connectivity index (χ2v) is 6.70. The summed E-state index contributed by atoms with van der Waals surface area (Å²) in [6.07, 6.45) is 5.10. The predicted octanol–water partition coefficient (Wildman–Crippen LogP) is 4.86. The fourth-order valence-electron chi connectivity index (χ4n) is 1.96. The van der Waals surface area contributed by atoms with Gasteiger partial charge in [0.25, 0.3) is 0 Å². The van der Waals surface area contributed by atoms with Gasteiger partial charge in [-0.1, -0.05) is 33.1 Å². The maximum absolute atomic E-state index is 5.83. The van der Waals surface area contributed by atoms with Gasteiger partial charge in [0, 0.05) is 5.75 Å². The number of unbranched alkanes of at least 4 members (excludes halogenated alkanes) is 2. The van der Waals surface area contributed by atoms with E-state index in [0.717, 1.165) is 5.75 Å². The topological polar surface area (TPSA) is 27.7 Å². The molecule has 0 aliphatic heterocycles. The van der Waals surface area contributed by atoms with Crippen molar-refractivity contribution in [3.63, 3.8) is 0 Å². The predicted molar refractivity (Wildman–Crippen MR) is 80.6 cm³/mol. The fraction of sp³-hybridized carbons (Fsp3) is 1.00. The second kappa shape index (κ2) is 11.1. The normalized spacial score (nSPS) is 14.7. The Morgan fingerprint density at radius 2 is 1.33 bits per heavy atom. The molecule has 18 heavy (non-hydrogen) atoms. The van der Waals surface area contributed by atoms with E-state index in [1.54, 1.807) is 0 Å². The summed E-state index contributed by atoms with van der Waals surface area (Å²) in [4.78, 5) is 0. The van der Waals surface area contributed by atoms with E-state index in [1.807, 2.05) is 20.8 Å². The molecule has 0 spiro atoms. The van der Waals surface area contributed by atoms with E-state index in [-0.39, 0.29) is 0 Å². The van der Waals surface area contributed by atoms with Gasteiger partial charge in [-0.15, -0.1) is 0 Å². The lowest BCUT2D eigenvalue weighted by atomic mass is 10.1. The minimum absolute atomic E-state index is 0.594. The molecule has 0 aliphatic carbocycles. The maximum atomic E-state index is 5.83. The van der Waals surface area contributed by atoms with Crippen LogP contribution in [0.5, 0.6) is 0 Å². The van der Waals surface area contributed by atoms with Gasteiger partial charge in [-0.2, -0.15) is 0 Å². The third kappa shape index (κ3) is 7.62. The molecule has 1 unspecified atom stereocenters. The number of hydrogen-bond acceptors (Lipinski definition) is 3. The lowest BCUT2D eigenvalue weighted by molar-refractivity contribution is 0.182. The Bertz CT molecular complexity index is 171. The highest BCUT2D eigenvalue weighted by Crippen LogP contribution is 2.53. The van der Waals surface area contributed by atoms with E-state index < -0.39 is 10.9 Å². The molecule has 0 aromatic carbocycles. The fourth-order valence-corrected chi connectivity index (χ4v) is 4.39. The summed E-state index contributed by atoms with van der Waals surface area (Å²) in [6.45, 7) is 12.5. The van der Waals surface area contributed by atoms with Gasteiger partial charge >= 0.3 is 0 Å². The molecule has 0 heterocycles. The van der Waals surface area contributed by atoms with Crippen LogP contribution in [0, 0.1) is 5.92 Å². The van der Waals surface area contributed by atoms with Crippen molar-refractivity contribution >= 4 is 10.9 Å².